The number of amides is 1. The Morgan fingerprint density at radius 1 is 1.13 bits per heavy atom. The van der Waals surface area contributed by atoms with E-state index < -0.39 is 0 Å². The number of carbonyl (C=O) groups excluding carboxylic acids is 2. The minimum Gasteiger partial charge on any atom is -0.469 e. The van der Waals surface area contributed by atoms with Crippen LogP contribution in [0, 0.1) is 29.1 Å². The van der Waals surface area contributed by atoms with E-state index in [0.717, 1.165) is 35.8 Å². The van der Waals surface area contributed by atoms with Crippen LogP contribution in [0.5, 0.6) is 0 Å². The zero-order valence-corrected chi connectivity index (χ0v) is 14.6. The van der Waals surface area contributed by atoms with Crippen molar-refractivity contribution in [1.29, 1.82) is 0 Å². The van der Waals surface area contributed by atoms with Gasteiger partial charge in [-0.2, -0.15) is 0 Å². The van der Waals surface area contributed by atoms with Crippen LogP contribution in [-0.4, -0.2) is 19.0 Å². The second-order valence-electron chi connectivity index (χ2n) is 7.09. The van der Waals surface area contributed by atoms with Gasteiger partial charge in [-0.1, -0.05) is 15.9 Å². The third-order valence-corrected chi connectivity index (χ3v) is 6.76. The summed E-state index contributed by atoms with van der Waals surface area (Å²) >= 11 is 3.39. The molecule has 122 valence electrons. The first-order chi connectivity index (χ1) is 11.1. The van der Waals surface area contributed by atoms with Gasteiger partial charge < -0.3 is 10.1 Å². The first-order valence-corrected chi connectivity index (χ1v) is 9.00. The number of nitrogens with one attached hydrogen (secondary N) is 1. The maximum Gasteiger partial charge on any atom is 0.309 e. The van der Waals surface area contributed by atoms with Crippen molar-refractivity contribution in [3.8, 4) is 0 Å². The molecule has 1 amide bonds. The molecule has 5 heteroatoms. The molecule has 3 fully saturated rings. The van der Waals surface area contributed by atoms with Crippen LogP contribution in [0.15, 0.2) is 28.7 Å². The van der Waals surface area contributed by atoms with Crippen molar-refractivity contribution in [2.75, 3.05) is 12.4 Å². The van der Waals surface area contributed by atoms with Gasteiger partial charge in [-0.15, -0.1) is 0 Å². The van der Waals surface area contributed by atoms with Crippen LogP contribution >= 0.6 is 15.9 Å². The van der Waals surface area contributed by atoms with Crippen LogP contribution in [0.1, 0.15) is 25.7 Å². The first-order valence-electron chi connectivity index (χ1n) is 8.21. The number of ether oxygens (including phenoxy) is 1. The van der Waals surface area contributed by atoms with Crippen LogP contribution in [0.2, 0.25) is 0 Å². The van der Waals surface area contributed by atoms with E-state index in [1.807, 2.05) is 24.3 Å². The van der Waals surface area contributed by atoms with Crippen molar-refractivity contribution in [3.63, 3.8) is 0 Å². The first kappa shape index (κ1) is 15.2. The highest BCUT2D eigenvalue weighted by atomic mass is 79.9. The van der Waals surface area contributed by atoms with E-state index in [1.54, 1.807) is 0 Å². The van der Waals surface area contributed by atoms with Crippen molar-refractivity contribution in [2.45, 2.75) is 25.7 Å². The lowest BCUT2D eigenvalue weighted by Gasteiger charge is -2.27. The molecule has 1 N–H and O–H groups in total. The number of methoxy groups -OCH3 is 1. The summed E-state index contributed by atoms with van der Waals surface area (Å²) in [5.74, 6) is -0.0719. The summed E-state index contributed by atoms with van der Waals surface area (Å²) in [6.45, 7) is 0. The summed E-state index contributed by atoms with van der Waals surface area (Å²) in [5, 5.41) is 3.00. The van der Waals surface area contributed by atoms with E-state index >= 15 is 0 Å². The molecule has 1 aromatic rings. The standard InChI is InChI=1S/C18H20BrNO3/c1-23-17(22)15-13-7-6-12(18(13)8-9-18)14(15)16(21)20-11-4-2-10(19)3-5-11/h2-5,12-15H,6-9H2,1H3,(H,20,21)/t12-,13+,14?,15+/m0/s1. The second-order valence-corrected chi connectivity index (χ2v) is 8.01. The number of halogens is 1. The van der Waals surface area contributed by atoms with Gasteiger partial charge in [-0.25, -0.2) is 0 Å². The van der Waals surface area contributed by atoms with Crippen LogP contribution < -0.4 is 5.32 Å². The van der Waals surface area contributed by atoms with Crippen LogP contribution in [0.4, 0.5) is 5.69 Å². The van der Waals surface area contributed by atoms with Crippen molar-refractivity contribution in [2.24, 2.45) is 29.1 Å². The predicted molar refractivity (Wildman–Crippen MR) is 89.6 cm³/mol. The molecule has 1 unspecified atom stereocenters. The molecule has 0 aromatic heterocycles. The lowest BCUT2D eigenvalue weighted by Crippen LogP contribution is -2.38. The Labute approximate surface area is 144 Å². The molecule has 4 rings (SSSR count). The van der Waals surface area contributed by atoms with E-state index in [2.05, 4.69) is 21.2 Å². The molecule has 1 spiro atoms. The summed E-state index contributed by atoms with van der Waals surface area (Å²) in [7, 11) is 1.43. The fraction of sp³-hybridized carbons (Fsp3) is 0.556. The quantitative estimate of drug-likeness (QED) is 0.818. The van der Waals surface area contributed by atoms with E-state index in [1.165, 1.54) is 7.11 Å². The van der Waals surface area contributed by atoms with Gasteiger partial charge in [0.2, 0.25) is 5.91 Å². The lowest BCUT2D eigenvalue weighted by molar-refractivity contribution is -0.151. The maximum absolute atomic E-state index is 12.9. The second kappa shape index (κ2) is 5.33. The summed E-state index contributed by atoms with van der Waals surface area (Å²) < 4.78 is 6.00. The van der Waals surface area contributed by atoms with Gasteiger partial charge in [0.1, 0.15) is 0 Å². The fourth-order valence-corrected chi connectivity index (χ4v) is 5.49. The monoisotopic (exact) mass is 377 g/mol. The third-order valence-electron chi connectivity index (χ3n) is 6.23. The zero-order valence-electron chi connectivity index (χ0n) is 13.0. The molecular weight excluding hydrogens is 358 g/mol. The molecule has 1 aromatic carbocycles. The highest BCUT2D eigenvalue weighted by Crippen LogP contribution is 2.74. The van der Waals surface area contributed by atoms with E-state index in [0.29, 0.717) is 11.8 Å². The molecule has 4 nitrogen and oxygen atoms in total. The molecular formula is C18H20BrNO3. The topological polar surface area (TPSA) is 55.4 Å². The SMILES string of the molecule is COC(=O)[C@H]1C(C(=O)Nc2ccc(Br)cc2)[C@@H]2CC[C@H]1C21CC1. The predicted octanol–water partition coefficient (Wildman–Crippen LogP) is 3.61. The molecule has 0 saturated heterocycles. The van der Waals surface area contributed by atoms with Crippen molar-refractivity contribution < 1.29 is 14.3 Å². The van der Waals surface area contributed by atoms with Gasteiger partial charge in [-0.3, -0.25) is 9.59 Å². The molecule has 0 aliphatic heterocycles. The van der Waals surface area contributed by atoms with Crippen molar-refractivity contribution in [1.82, 2.24) is 0 Å². The molecule has 3 saturated carbocycles. The highest BCUT2D eigenvalue weighted by Gasteiger charge is 2.71. The molecule has 0 heterocycles. The van der Waals surface area contributed by atoms with E-state index in [4.69, 9.17) is 4.74 Å². The summed E-state index contributed by atoms with van der Waals surface area (Å²) in [6.07, 6.45) is 4.46. The number of hydrogen-bond acceptors (Lipinski definition) is 3. The number of rotatable bonds is 3. The van der Waals surface area contributed by atoms with E-state index in [-0.39, 0.29) is 29.1 Å². The number of anilines is 1. The van der Waals surface area contributed by atoms with Crippen molar-refractivity contribution in [3.05, 3.63) is 28.7 Å². The van der Waals surface area contributed by atoms with Gasteiger partial charge >= 0.3 is 5.97 Å². The number of benzene rings is 1. The Kier molecular flexibility index (Phi) is 3.52. The average molecular weight is 378 g/mol. The number of carbonyl (C=O) groups is 2. The Morgan fingerprint density at radius 2 is 1.74 bits per heavy atom. The smallest absolute Gasteiger partial charge is 0.309 e. The molecule has 4 atom stereocenters. The van der Waals surface area contributed by atoms with Crippen molar-refractivity contribution >= 4 is 33.5 Å². The molecule has 3 aliphatic carbocycles. The molecule has 2 bridgehead atoms. The zero-order chi connectivity index (χ0) is 16.2. The Balaban J connectivity index is 1.59. The van der Waals surface area contributed by atoms with Gasteiger partial charge in [0.15, 0.2) is 0 Å². The lowest BCUT2D eigenvalue weighted by atomic mass is 9.78. The van der Waals surface area contributed by atoms with E-state index in [9.17, 15) is 9.59 Å². The fourth-order valence-electron chi connectivity index (χ4n) is 5.22. The largest absolute Gasteiger partial charge is 0.469 e. The minimum atomic E-state index is -0.267. The van der Waals surface area contributed by atoms with Gasteiger partial charge in [0, 0.05) is 10.2 Å². The number of hydrogen-bond donors (Lipinski definition) is 1. The third kappa shape index (κ3) is 2.24. The van der Waals surface area contributed by atoms with Crippen LogP contribution in [0.3, 0.4) is 0 Å². The van der Waals surface area contributed by atoms with Crippen LogP contribution in [-0.2, 0) is 14.3 Å². The summed E-state index contributed by atoms with van der Waals surface area (Å²) in [5.41, 5.74) is 1.02. The Bertz CT molecular complexity index is 653. The highest BCUT2D eigenvalue weighted by molar-refractivity contribution is 9.10. The minimum absolute atomic E-state index is 0.0267. The molecule has 3 aliphatic rings. The normalized spacial score (nSPS) is 32.8. The summed E-state index contributed by atoms with van der Waals surface area (Å²) in [6, 6.07) is 7.54. The summed E-state index contributed by atoms with van der Waals surface area (Å²) in [4.78, 5) is 25.2. The van der Waals surface area contributed by atoms with Gasteiger partial charge in [-0.05, 0) is 67.2 Å². The van der Waals surface area contributed by atoms with Gasteiger partial charge in [0.25, 0.3) is 0 Å². The Morgan fingerprint density at radius 3 is 2.30 bits per heavy atom. The van der Waals surface area contributed by atoms with Gasteiger partial charge in [0.05, 0.1) is 18.9 Å². The Hall–Kier alpha value is -1.36. The molecule has 23 heavy (non-hydrogen) atoms. The maximum atomic E-state index is 12.9. The molecule has 0 radical (unpaired) electrons. The number of esters is 1. The van der Waals surface area contributed by atoms with Crippen LogP contribution in [0.25, 0.3) is 0 Å². The average Bonchev–Trinajstić information content (AvgIpc) is 3.22.